The number of ketones is 2. The average molecular weight is 498 g/mol. The second kappa shape index (κ2) is 8.32. The number of nitrogens with zero attached hydrogens (tertiary/aromatic N) is 1. The molecule has 0 unspecified atom stereocenters. The molecule has 1 aromatic rings. The number of carbonyl (C=O) groups is 4. The molecule has 4 rings (SSSR count). The minimum Gasteiger partial charge on any atom is -0.510 e. The molecule has 0 saturated carbocycles. The predicted octanol–water partition coefficient (Wildman–Crippen LogP) is 0.389. The van der Waals surface area contributed by atoms with Crippen molar-refractivity contribution in [2.45, 2.75) is 30.6 Å². The number of aliphatic hydroxyl groups is 3. The van der Waals surface area contributed by atoms with Gasteiger partial charge in [-0.2, -0.15) is 0 Å². The first-order valence-corrected chi connectivity index (χ1v) is 11.1. The van der Waals surface area contributed by atoms with Crippen molar-refractivity contribution in [2.75, 3.05) is 14.1 Å². The first kappa shape index (κ1) is 25.1. The minimum atomic E-state index is -2.97. The molecule has 0 radical (unpaired) electrons. The topological polar surface area (TPSA) is 188 Å². The Labute approximate surface area is 205 Å². The molecule has 1 aromatic carbocycles. The highest BCUT2D eigenvalue weighted by Gasteiger charge is 2.68. The number of rotatable bonds is 4. The first-order valence-electron chi connectivity index (χ1n) is 11.1. The lowest BCUT2D eigenvalue weighted by Crippen LogP contribution is -2.69. The van der Waals surface area contributed by atoms with Gasteiger partial charge in [-0.15, -0.1) is 0 Å². The highest BCUT2D eigenvalue weighted by Crippen LogP contribution is 2.56. The lowest BCUT2D eigenvalue weighted by Gasteiger charge is -2.54. The zero-order valence-electron chi connectivity index (χ0n) is 19.8. The summed E-state index contributed by atoms with van der Waals surface area (Å²) in [5.74, 6) is -10.2. The second-order valence-corrected chi connectivity index (χ2v) is 9.41. The molecule has 0 saturated heterocycles. The summed E-state index contributed by atoms with van der Waals surface area (Å²) in [6, 6.07) is 3.05. The van der Waals surface area contributed by atoms with Crippen LogP contribution in [0.15, 0.2) is 53.5 Å². The van der Waals surface area contributed by atoms with Gasteiger partial charge in [0, 0.05) is 17.6 Å². The van der Waals surface area contributed by atoms with Crippen LogP contribution in [0.1, 0.15) is 28.8 Å². The first-order chi connectivity index (χ1) is 16.8. The van der Waals surface area contributed by atoms with Gasteiger partial charge < -0.3 is 30.9 Å². The number of carbonyl (C=O) groups excluding carboxylic acids is 4. The number of amides is 1. The summed E-state index contributed by atoms with van der Waals surface area (Å²) in [5, 5.41) is 44.6. The van der Waals surface area contributed by atoms with E-state index < -0.39 is 81.6 Å². The van der Waals surface area contributed by atoms with Gasteiger partial charge in [0.05, 0.1) is 17.5 Å². The van der Waals surface area contributed by atoms with Crippen molar-refractivity contribution in [1.29, 1.82) is 0 Å². The van der Waals surface area contributed by atoms with Gasteiger partial charge in [-0.1, -0.05) is 25.6 Å². The van der Waals surface area contributed by atoms with Crippen molar-refractivity contribution < 1.29 is 44.3 Å². The Morgan fingerprint density at radius 1 is 1.19 bits per heavy atom. The van der Waals surface area contributed by atoms with Crippen LogP contribution in [0.25, 0.3) is 0 Å². The van der Waals surface area contributed by atoms with Crippen molar-refractivity contribution >= 4 is 23.4 Å². The lowest BCUT2D eigenvalue weighted by atomic mass is 9.55. The Bertz CT molecular complexity index is 1290. The molecule has 0 spiro atoms. The Morgan fingerprint density at radius 2 is 1.83 bits per heavy atom. The number of fused-ring (bicyclic) bond motifs is 3. The van der Waals surface area contributed by atoms with E-state index in [0.717, 1.165) is 6.08 Å². The Kier molecular flexibility index (Phi) is 5.81. The molecular weight excluding hydrogens is 472 g/mol. The highest BCUT2D eigenvalue weighted by atomic mass is 16.5. The quantitative estimate of drug-likeness (QED) is 0.221. The third kappa shape index (κ3) is 3.12. The second-order valence-electron chi connectivity index (χ2n) is 9.41. The maximum atomic E-state index is 13.6. The van der Waals surface area contributed by atoms with Crippen molar-refractivity contribution in [3.8, 4) is 5.75 Å². The monoisotopic (exact) mass is 498 g/mol. The summed E-state index contributed by atoms with van der Waals surface area (Å²) in [5.41, 5.74) is 1.22. The Morgan fingerprint density at radius 3 is 2.39 bits per heavy atom. The van der Waals surface area contributed by atoms with Gasteiger partial charge in [-0.3, -0.25) is 19.3 Å². The fourth-order valence-corrected chi connectivity index (χ4v) is 5.88. The Hall–Kier alpha value is -3.96. The number of nitrogens with two attached hydrogens (primary N) is 1. The maximum absolute atomic E-state index is 13.6. The van der Waals surface area contributed by atoms with Crippen molar-refractivity contribution in [2.24, 2.45) is 17.6 Å². The summed E-state index contributed by atoms with van der Waals surface area (Å²) in [6.07, 6.45) is -0.611. The lowest BCUT2D eigenvalue weighted by molar-refractivity contribution is -0.177. The molecule has 11 heteroatoms. The third-order valence-electron chi connectivity index (χ3n) is 7.39. The molecule has 0 aromatic heterocycles. The van der Waals surface area contributed by atoms with E-state index in [4.69, 9.17) is 10.5 Å². The summed E-state index contributed by atoms with van der Waals surface area (Å²) >= 11 is 0. The smallest absolute Gasteiger partial charge is 0.330 e. The molecule has 1 amide bonds. The number of primary amides is 1. The number of hydrogen-bond acceptors (Lipinski definition) is 10. The van der Waals surface area contributed by atoms with Gasteiger partial charge in [0.15, 0.2) is 11.4 Å². The SMILES string of the molecule is C=CC(=O)O[C@H]1[C@H]2C(=C(O)[C@]3(O)C(=O)C(C(N)=O)=C(O)[C@@H](N(C)C)[C@H]13)C(=O)c1c(O)cccc1[C@@H]2C. The van der Waals surface area contributed by atoms with Crippen molar-refractivity contribution in [3.05, 3.63) is 64.6 Å². The number of Topliss-reactive ketones (excluding diaryl/α,β-unsaturated/α-hetero) is 2. The number of phenolic OH excluding ortho intramolecular Hbond substituents is 1. The normalized spacial score (nSPS) is 31.5. The molecule has 6 atom stereocenters. The van der Waals surface area contributed by atoms with Crippen LogP contribution in [-0.2, 0) is 19.1 Å². The molecule has 3 aliphatic carbocycles. The van der Waals surface area contributed by atoms with E-state index in [1.165, 1.54) is 31.1 Å². The van der Waals surface area contributed by atoms with Crippen molar-refractivity contribution in [3.63, 3.8) is 0 Å². The summed E-state index contributed by atoms with van der Waals surface area (Å²) in [4.78, 5) is 53.1. The van der Waals surface area contributed by atoms with Gasteiger partial charge in [0.1, 0.15) is 28.9 Å². The molecule has 3 aliphatic rings. The number of phenols is 1. The van der Waals surface area contributed by atoms with Crippen LogP contribution in [0.5, 0.6) is 5.75 Å². The van der Waals surface area contributed by atoms with Crippen LogP contribution >= 0.6 is 0 Å². The summed E-state index contributed by atoms with van der Waals surface area (Å²) < 4.78 is 5.62. The number of esters is 1. The third-order valence-corrected chi connectivity index (χ3v) is 7.39. The maximum Gasteiger partial charge on any atom is 0.330 e. The number of benzene rings is 1. The molecular formula is C25H26N2O9. The van der Waals surface area contributed by atoms with Gasteiger partial charge >= 0.3 is 5.97 Å². The van der Waals surface area contributed by atoms with E-state index in [9.17, 15) is 39.6 Å². The van der Waals surface area contributed by atoms with E-state index in [2.05, 4.69) is 6.58 Å². The van der Waals surface area contributed by atoms with Crippen LogP contribution in [0.3, 0.4) is 0 Å². The van der Waals surface area contributed by atoms with E-state index >= 15 is 0 Å². The molecule has 0 heterocycles. The molecule has 190 valence electrons. The average Bonchev–Trinajstić information content (AvgIpc) is 2.80. The van der Waals surface area contributed by atoms with Gasteiger partial charge in [-0.25, -0.2) is 4.79 Å². The number of aromatic hydroxyl groups is 1. The number of ether oxygens (including phenoxy) is 1. The predicted molar refractivity (Wildman–Crippen MR) is 124 cm³/mol. The van der Waals surface area contributed by atoms with Crippen LogP contribution in [0, 0.1) is 11.8 Å². The van der Waals surface area contributed by atoms with Crippen LogP contribution < -0.4 is 5.73 Å². The largest absolute Gasteiger partial charge is 0.510 e. The molecule has 6 N–H and O–H groups in total. The number of likely N-dealkylation sites (N-methyl/N-ethyl adjacent to an activating group) is 1. The zero-order valence-corrected chi connectivity index (χ0v) is 19.8. The van der Waals surface area contributed by atoms with Crippen LogP contribution in [0.4, 0.5) is 0 Å². The van der Waals surface area contributed by atoms with E-state index in [0.29, 0.717) is 5.56 Å². The van der Waals surface area contributed by atoms with E-state index in [1.54, 1.807) is 13.0 Å². The molecule has 11 nitrogen and oxygen atoms in total. The molecule has 36 heavy (non-hydrogen) atoms. The fourth-order valence-electron chi connectivity index (χ4n) is 5.88. The zero-order chi connectivity index (χ0) is 26.9. The molecule has 0 bridgehead atoms. The standard InChI is InChI=1S/C25H26N2O9/c1-5-12(29)36-21-13-9(2)10-7-6-8-11(28)14(10)19(30)15(13)22(32)25(35)17(21)18(27(3)4)20(31)16(23(25)33)24(26)34/h5-9,13,17-18,21,28,31-32,35H,1H2,2-4H3,(H2,26,34)/t9-,13+,17+,18-,21-,25-/m0/s1. The number of aliphatic hydroxyl groups excluding tert-OH is 2. The van der Waals surface area contributed by atoms with Gasteiger partial charge in [0.2, 0.25) is 5.78 Å². The molecule has 0 aliphatic heterocycles. The number of hydrogen-bond donors (Lipinski definition) is 5. The highest BCUT2D eigenvalue weighted by molar-refractivity contribution is 6.25. The van der Waals surface area contributed by atoms with Crippen molar-refractivity contribution in [1.82, 2.24) is 4.90 Å². The fraction of sp³-hybridized carbons (Fsp3) is 0.360. The summed E-state index contributed by atoms with van der Waals surface area (Å²) in [6.45, 7) is 5.04. The van der Waals surface area contributed by atoms with Crippen LogP contribution in [0.2, 0.25) is 0 Å². The minimum absolute atomic E-state index is 0.139. The molecule has 0 fully saturated rings. The van der Waals surface area contributed by atoms with Crippen LogP contribution in [-0.4, -0.2) is 80.6 Å². The van der Waals surface area contributed by atoms with Gasteiger partial charge in [0.25, 0.3) is 5.91 Å². The van der Waals surface area contributed by atoms with E-state index in [-0.39, 0.29) is 11.3 Å². The Balaban J connectivity index is 2.12. The summed E-state index contributed by atoms with van der Waals surface area (Å²) in [7, 11) is 2.95. The van der Waals surface area contributed by atoms with Gasteiger partial charge in [-0.05, 0) is 31.6 Å². The van der Waals surface area contributed by atoms with E-state index in [1.807, 2.05) is 0 Å².